The average molecular weight is 376 g/mol. The van der Waals surface area contributed by atoms with Crippen LogP contribution in [0.1, 0.15) is 25.8 Å². The van der Waals surface area contributed by atoms with E-state index in [0.717, 1.165) is 22.8 Å². The molecule has 1 saturated heterocycles. The number of nitrogen functional groups attached to an aromatic ring is 1. The highest BCUT2D eigenvalue weighted by Gasteiger charge is 2.37. The van der Waals surface area contributed by atoms with E-state index in [0.29, 0.717) is 23.8 Å². The van der Waals surface area contributed by atoms with E-state index < -0.39 is 12.0 Å². The zero-order valence-corrected chi connectivity index (χ0v) is 15.6. The van der Waals surface area contributed by atoms with Gasteiger partial charge in [-0.05, 0) is 42.5 Å². The molecule has 7 heteroatoms. The molecule has 1 aromatic carbocycles. The highest BCUT2D eigenvalue weighted by atomic mass is 35.5. The van der Waals surface area contributed by atoms with Crippen LogP contribution in [0.15, 0.2) is 24.4 Å². The number of esters is 1. The zero-order chi connectivity index (χ0) is 18.8. The Morgan fingerprint density at radius 2 is 2.27 bits per heavy atom. The van der Waals surface area contributed by atoms with Gasteiger partial charge in [-0.1, -0.05) is 18.5 Å². The summed E-state index contributed by atoms with van der Waals surface area (Å²) in [5.41, 5.74) is 6.67. The quantitative estimate of drug-likeness (QED) is 0.812. The van der Waals surface area contributed by atoms with Crippen LogP contribution < -0.4 is 5.73 Å². The molecule has 26 heavy (non-hydrogen) atoms. The number of hydrogen-bond donors (Lipinski definition) is 1. The highest BCUT2D eigenvalue weighted by molar-refractivity contribution is 6.32. The van der Waals surface area contributed by atoms with Crippen molar-refractivity contribution in [3.63, 3.8) is 0 Å². The van der Waals surface area contributed by atoms with E-state index >= 15 is 0 Å². The number of ether oxygens (including phenoxy) is 1. The molecule has 0 spiro atoms. The molecule has 138 valence electrons. The number of aromatic nitrogens is 1. The van der Waals surface area contributed by atoms with Crippen LogP contribution in [0.4, 0.5) is 5.82 Å². The summed E-state index contributed by atoms with van der Waals surface area (Å²) in [6, 6.07) is 4.81. The van der Waals surface area contributed by atoms with Gasteiger partial charge < -0.3 is 15.4 Å². The van der Waals surface area contributed by atoms with Gasteiger partial charge in [0, 0.05) is 35.5 Å². The Kier molecular flexibility index (Phi) is 5.32. The van der Waals surface area contributed by atoms with Crippen LogP contribution in [0.2, 0.25) is 5.02 Å². The SMILES string of the molecule is CCOC(=O)[C@@H](Cc1cc2ccnc(N)c2cc1Cl)N1CC[C@H](C)C1=O. The van der Waals surface area contributed by atoms with Crippen molar-refractivity contribution in [3.8, 4) is 0 Å². The minimum Gasteiger partial charge on any atom is -0.464 e. The maximum atomic E-state index is 12.5. The Labute approximate surface area is 157 Å². The van der Waals surface area contributed by atoms with E-state index in [9.17, 15) is 9.59 Å². The number of carbonyl (C=O) groups is 2. The number of likely N-dealkylation sites (tertiary alicyclic amines) is 1. The van der Waals surface area contributed by atoms with Crippen molar-refractivity contribution >= 4 is 40.1 Å². The monoisotopic (exact) mass is 375 g/mol. The van der Waals surface area contributed by atoms with Crippen LogP contribution in [0, 0.1) is 5.92 Å². The number of nitrogens with zero attached hydrogens (tertiary/aromatic N) is 2. The first-order chi connectivity index (χ1) is 12.4. The minimum atomic E-state index is -0.679. The van der Waals surface area contributed by atoms with E-state index in [1.807, 2.05) is 19.1 Å². The third-order valence-electron chi connectivity index (χ3n) is 4.82. The van der Waals surface area contributed by atoms with Gasteiger partial charge >= 0.3 is 5.97 Å². The predicted molar refractivity (Wildman–Crippen MR) is 101 cm³/mol. The van der Waals surface area contributed by atoms with Crippen LogP contribution in [0.3, 0.4) is 0 Å². The molecule has 3 rings (SSSR count). The maximum Gasteiger partial charge on any atom is 0.329 e. The summed E-state index contributed by atoms with van der Waals surface area (Å²) in [5, 5.41) is 2.15. The average Bonchev–Trinajstić information content (AvgIpc) is 2.93. The topological polar surface area (TPSA) is 85.5 Å². The molecule has 0 bridgehead atoms. The summed E-state index contributed by atoms with van der Waals surface area (Å²) in [4.78, 5) is 30.7. The van der Waals surface area contributed by atoms with Gasteiger partial charge in [0.05, 0.1) is 6.61 Å². The number of pyridine rings is 1. The van der Waals surface area contributed by atoms with Crippen LogP contribution in [-0.2, 0) is 20.7 Å². The number of anilines is 1. The summed E-state index contributed by atoms with van der Waals surface area (Å²) in [6.45, 7) is 4.44. The summed E-state index contributed by atoms with van der Waals surface area (Å²) in [6.07, 6.45) is 2.67. The third kappa shape index (κ3) is 3.46. The molecular formula is C19H22ClN3O3. The highest BCUT2D eigenvalue weighted by Crippen LogP contribution is 2.30. The fourth-order valence-corrected chi connectivity index (χ4v) is 3.59. The first-order valence-corrected chi connectivity index (χ1v) is 9.10. The maximum absolute atomic E-state index is 12.5. The Hall–Kier alpha value is -2.34. The Bertz CT molecular complexity index is 855. The van der Waals surface area contributed by atoms with Gasteiger partial charge in [-0.15, -0.1) is 0 Å². The van der Waals surface area contributed by atoms with Gasteiger partial charge in [-0.2, -0.15) is 0 Å². The molecule has 1 aliphatic heterocycles. The number of amides is 1. The van der Waals surface area contributed by atoms with Crippen molar-refractivity contribution < 1.29 is 14.3 Å². The van der Waals surface area contributed by atoms with E-state index in [1.165, 1.54) is 0 Å². The standard InChI is InChI=1S/C19H22ClN3O3/c1-3-26-19(25)16(23-7-5-11(2)18(23)24)9-13-8-12-4-6-22-17(21)14(12)10-15(13)20/h4,6,8,10-11,16H,3,5,7,9H2,1-2H3,(H2,21,22)/t11-,16+/m0/s1. The zero-order valence-electron chi connectivity index (χ0n) is 14.9. The number of nitrogens with two attached hydrogens (primary N) is 1. The number of rotatable bonds is 5. The largest absolute Gasteiger partial charge is 0.464 e. The first-order valence-electron chi connectivity index (χ1n) is 8.72. The van der Waals surface area contributed by atoms with Crippen molar-refractivity contribution in [3.05, 3.63) is 35.0 Å². The van der Waals surface area contributed by atoms with Gasteiger partial charge in [0.2, 0.25) is 5.91 Å². The molecule has 1 aromatic heterocycles. The summed E-state index contributed by atoms with van der Waals surface area (Å²) in [5.74, 6) is -0.0972. The lowest BCUT2D eigenvalue weighted by molar-refractivity contribution is -0.153. The molecule has 2 N–H and O–H groups in total. The molecule has 2 aromatic rings. The van der Waals surface area contributed by atoms with Gasteiger partial charge in [0.1, 0.15) is 11.9 Å². The Morgan fingerprint density at radius 3 is 2.92 bits per heavy atom. The molecule has 0 aliphatic carbocycles. The normalized spacial score (nSPS) is 18.3. The molecule has 2 atom stereocenters. The number of fused-ring (bicyclic) bond motifs is 1. The van der Waals surface area contributed by atoms with Gasteiger partial charge in [0.25, 0.3) is 0 Å². The summed E-state index contributed by atoms with van der Waals surface area (Å²) >= 11 is 6.43. The molecule has 0 radical (unpaired) electrons. The van der Waals surface area contributed by atoms with Crippen molar-refractivity contribution in [2.75, 3.05) is 18.9 Å². The number of hydrogen-bond acceptors (Lipinski definition) is 5. The van der Waals surface area contributed by atoms with Gasteiger partial charge in [0.15, 0.2) is 0 Å². The smallest absolute Gasteiger partial charge is 0.329 e. The Balaban J connectivity index is 1.96. The molecule has 1 aliphatic rings. The predicted octanol–water partition coefficient (Wildman–Crippen LogP) is 2.81. The molecule has 1 amide bonds. The van der Waals surface area contributed by atoms with E-state index in [1.54, 1.807) is 24.1 Å². The number of halogens is 1. The van der Waals surface area contributed by atoms with E-state index in [2.05, 4.69) is 4.98 Å². The lowest BCUT2D eigenvalue weighted by atomic mass is 10.0. The van der Waals surface area contributed by atoms with Crippen molar-refractivity contribution in [1.29, 1.82) is 0 Å². The van der Waals surface area contributed by atoms with E-state index in [-0.39, 0.29) is 18.4 Å². The molecular weight excluding hydrogens is 354 g/mol. The molecule has 0 unspecified atom stereocenters. The molecule has 1 fully saturated rings. The second-order valence-corrected chi connectivity index (χ2v) is 6.96. The van der Waals surface area contributed by atoms with Crippen LogP contribution >= 0.6 is 11.6 Å². The second-order valence-electron chi connectivity index (χ2n) is 6.55. The van der Waals surface area contributed by atoms with E-state index in [4.69, 9.17) is 22.1 Å². The summed E-state index contributed by atoms with van der Waals surface area (Å²) in [7, 11) is 0. The number of benzene rings is 1. The van der Waals surface area contributed by atoms with Crippen LogP contribution in [-0.4, -0.2) is 41.0 Å². The van der Waals surface area contributed by atoms with Crippen LogP contribution in [0.5, 0.6) is 0 Å². The fourth-order valence-electron chi connectivity index (χ4n) is 3.35. The lowest BCUT2D eigenvalue weighted by Gasteiger charge is -2.27. The lowest BCUT2D eigenvalue weighted by Crippen LogP contribution is -2.45. The second kappa shape index (κ2) is 7.50. The van der Waals surface area contributed by atoms with Crippen molar-refractivity contribution in [1.82, 2.24) is 9.88 Å². The first kappa shape index (κ1) is 18.5. The fraction of sp³-hybridized carbons (Fsp3) is 0.421. The van der Waals surface area contributed by atoms with Crippen molar-refractivity contribution in [2.45, 2.75) is 32.7 Å². The molecule has 2 heterocycles. The minimum absolute atomic E-state index is 0.0200. The van der Waals surface area contributed by atoms with Gasteiger partial charge in [-0.3, -0.25) is 4.79 Å². The third-order valence-corrected chi connectivity index (χ3v) is 5.17. The molecule has 0 saturated carbocycles. The van der Waals surface area contributed by atoms with Crippen molar-refractivity contribution in [2.24, 2.45) is 5.92 Å². The van der Waals surface area contributed by atoms with Gasteiger partial charge in [-0.25, -0.2) is 9.78 Å². The molecule has 6 nitrogen and oxygen atoms in total. The number of carbonyl (C=O) groups excluding carboxylic acids is 2. The summed E-state index contributed by atoms with van der Waals surface area (Å²) < 4.78 is 5.21. The Morgan fingerprint density at radius 1 is 1.50 bits per heavy atom. The van der Waals surface area contributed by atoms with Crippen LogP contribution in [0.25, 0.3) is 10.8 Å².